The van der Waals surface area contributed by atoms with Crippen LogP contribution in [0.4, 0.5) is 5.69 Å². The molecule has 1 amide bonds. The molecule has 1 N–H and O–H groups in total. The Bertz CT molecular complexity index is 845. The van der Waals surface area contributed by atoms with Crippen LogP contribution in [-0.2, 0) is 0 Å². The van der Waals surface area contributed by atoms with Crippen molar-refractivity contribution >= 4 is 11.6 Å². The third-order valence-corrected chi connectivity index (χ3v) is 3.20. The molecule has 1 heterocycles. The van der Waals surface area contributed by atoms with Crippen molar-refractivity contribution in [1.29, 1.82) is 5.26 Å². The van der Waals surface area contributed by atoms with Gasteiger partial charge in [-0.2, -0.15) is 5.26 Å². The van der Waals surface area contributed by atoms with E-state index in [9.17, 15) is 4.79 Å². The highest BCUT2D eigenvalue weighted by molar-refractivity contribution is 6.04. The second kappa shape index (κ2) is 5.98. The van der Waals surface area contributed by atoms with E-state index in [1.807, 2.05) is 60.7 Å². The molecule has 4 heteroatoms. The van der Waals surface area contributed by atoms with Crippen LogP contribution in [0, 0.1) is 11.3 Å². The van der Waals surface area contributed by atoms with Crippen molar-refractivity contribution in [3.63, 3.8) is 0 Å². The SMILES string of the molecule is N#Cc1ccc(C(=O)Nc2ccccc2-c2ccccc2)o1. The molecule has 0 spiro atoms. The maximum absolute atomic E-state index is 12.2. The van der Waals surface area contributed by atoms with Crippen molar-refractivity contribution in [2.45, 2.75) is 0 Å². The number of hydrogen-bond donors (Lipinski definition) is 1. The van der Waals surface area contributed by atoms with Crippen molar-refractivity contribution < 1.29 is 9.21 Å². The molecule has 3 aromatic rings. The van der Waals surface area contributed by atoms with E-state index < -0.39 is 0 Å². The molecule has 2 aromatic carbocycles. The molecule has 3 rings (SSSR count). The minimum absolute atomic E-state index is 0.111. The summed E-state index contributed by atoms with van der Waals surface area (Å²) in [6.45, 7) is 0. The average Bonchev–Trinajstić information content (AvgIpc) is 3.05. The molecule has 4 nitrogen and oxygen atoms in total. The first kappa shape index (κ1) is 13.7. The second-order valence-corrected chi connectivity index (χ2v) is 4.64. The zero-order valence-electron chi connectivity index (χ0n) is 11.6. The Balaban J connectivity index is 1.90. The van der Waals surface area contributed by atoms with Crippen LogP contribution in [0.1, 0.15) is 16.3 Å². The Hall–Kier alpha value is -3.32. The highest BCUT2D eigenvalue weighted by atomic mass is 16.3. The fraction of sp³-hybridized carbons (Fsp3) is 0. The molecule has 0 saturated heterocycles. The van der Waals surface area contributed by atoms with Crippen LogP contribution < -0.4 is 5.32 Å². The summed E-state index contributed by atoms with van der Waals surface area (Å²) < 4.78 is 5.14. The van der Waals surface area contributed by atoms with Gasteiger partial charge < -0.3 is 9.73 Å². The standard InChI is InChI=1S/C18H12N2O2/c19-12-14-10-11-17(22-14)18(21)20-16-9-5-4-8-15(16)13-6-2-1-3-7-13/h1-11H,(H,20,21). The second-order valence-electron chi connectivity index (χ2n) is 4.64. The molecule has 0 aliphatic heterocycles. The molecule has 0 unspecified atom stereocenters. The zero-order chi connectivity index (χ0) is 15.4. The number of carbonyl (C=O) groups excluding carboxylic acids is 1. The number of benzene rings is 2. The molecular formula is C18H12N2O2. The molecule has 0 saturated carbocycles. The number of carbonyl (C=O) groups is 1. The van der Waals surface area contributed by atoms with E-state index in [1.54, 1.807) is 0 Å². The summed E-state index contributed by atoms with van der Waals surface area (Å²) in [6, 6.07) is 22.1. The Labute approximate surface area is 127 Å². The van der Waals surface area contributed by atoms with Gasteiger partial charge in [-0.15, -0.1) is 0 Å². The molecule has 22 heavy (non-hydrogen) atoms. The van der Waals surface area contributed by atoms with Gasteiger partial charge in [0.2, 0.25) is 5.76 Å². The van der Waals surface area contributed by atoms with E-state index in [1.165, 1.54) is 12.1 Å². The smallest absolute Gasteiger partial charge is 0.291 e. The van der Waals surface area contributed by atoms with Crippen LogP contribution in [0.5, 0.6) is 0 Å². The largest absolute Gasteiger partial charge is 0.440 e. The number of nitrogens with one attached hydrogen (secondary N) is 1. The minimum atomic E-state index is -0.384. The predicted molar refractivity (Wildman–Crippen MR) is 83.3 cm³/mol. The number of rotatable bonds is 3. The van der Waals surface area contributed by atoms with Gasteiger partial charge in [0.1, 0.15) is 6.07 Å². The Morgan fingerprint density at radius 3 is 2.41 bits per heavy atom. The first-order valence-corrected chi connectivity index (χ1v) is 6.73. The zero-order valence-corrected chi connectivity index (χ0v) is 11.6. The van der Waals surface area contributed by atoms with Gasteiger partial charge in [-0.1, -0.05) is 48.5 Å². The normalized spacial score (nSPS) is 9.95. The summed E-state index contributed by atoms with van der Waals surface area (Å²) in [6.07, 6.45) is 0. The molecule has 0 radical (unpaired) electrons. The van der Waals surface area contributed by atoms with Gasteiger partial charge in [0.25, 0.3) is 5.91 Å². The van der Waals surface area contributed by atoms with Gasteiger partial charge in [-0.25, -0.2) is 0 Å². The number of furan rings is 1. The molecule has 0 bridgehead atoms. The van der Waals surface area contributed by atoms with E-state index >= 15 is 0 Å². The lowest BCUT2D eigenvalue weighted by atomic mass is 10.0. The van der Waals surface area contributed by atoms with Gasteiger partial charge in [0.15, 0.2) is 5.76 Å². The lowest BCUT2D eigenvalue weighted by Gasteiger charge is -2.10. The quantitative estimate of drug-likeness (QED) is 0.790. The van der Waals surface area contributed by atoms with Crippen LogP contribution in [0.3, 0.4) is 0 Å². The Morgan fingerprint density at radius 2 is 1.68 bits per heavy atom. The monoisotopic (exact) mass is 288 g/mol. The fourth-order valence-electron chi connectivity index (χ4n) is 2.17. The van der Waals surface area contributed by atoms with E-state index in [2.05, 4.69) is 5.32 Å². The summed E-state index contributed by atoms with van der Waals surface area (Å²) in [4.78, 5) is 12.2. The Kier molecular flexibility index (Phi) is 3.71. The number of para-hydroxylation sites is 1. The number of amides is 1. The van der Waals surface area contributed by atoms with E-state index in [0.29, 0.717) is 5.69 Å². The molecule has 1 aromatic heterocycles. The van der Waals surface area contributed by atoms with Gasteiger partial charge in [0.05, 0.1) is 0 Å². The summed E-state index contributed by atoms with van der Waals surface area (Å²) in [5.74, 6) is -0.161. The number of anilines is 1. The van der Waals surface area contributed by atoms with E-state index in [-0.39, 0.29) is 17.4 Å². The molecule has 0 aliphatic carbocycles. The summed E-state index contributed by atoms with van der Waals surface area (Å²) >= 11 is 0. The molecule has 0 fully saturated rings. The van der Waals surface area contributed by atoms with E-state index in [0.717, 1.165) is 11.1 Å². The van der Waals surface area contributed by atoms with Crippen molar-refractivity contribution in [3.05, 3.63) is 78.3 Å². The van der Waals surface area contributed by atoms with Crippen LogP contribution in [-0.4, -0.2) is 5.91 Å². The maximum atomic E-state index is 12.2. The fourth-order valence-corrected chi connectivity index (χ4v) is 2.17. The third-order valence-electron chi connectivity index (χ3n) is 3.20. The van der Waals surface area contributed by atoms with Crippen LogP contribution >= 0.6 is 0 Å². The molecule has 0 atom stereocenters. The summed E-state index contributed by atoms with van der Waals surface area (Å²) in [5, 5.41) is 11.6. The van der Waals surface area contributed by atoms with E-state index in [4.69, 9.17) is 9.68 Å². The van der Waals surface area contributed by atoms with Crippen molar-refractivity contribution in [2.24, 2.45) is 0 Å². The predicted octanol–water partition coefficient (Wildman–Crippen LogP) is 4.07. The van der Waals surface area contributed by atoms with Crippen molar-refractivity contribution in [1.82, 2.24) is 0 Å². The van der Waals surface area contributed by atoms with Gasteiger partial charge >= 0.3 is 0 Å². The molecule has 0 aliphatic rings. The van der Waals surface area contributed by atoms with Gasteiger partial charge in [0, 0.05) is 11.3 Å². The van der Waals surface area contributed by atoms with Gasteiger partial charge in [-0.05, 0) is 23.8 Å². The first-order valence-electron chi connectivity index (χ1n) is 6.73. The van der Waals surface area contributed by atoms with Crippen molar-refractivity contribution in [3.8, 4) is 17.2 Å². The minimum Gasteiger partial charge on any atom is -0.440 e. The lowest BCUT2D eigenvalue weighted by molar-refractivity contribution is 0.0996. The topological polar surface area (TPSA) is 66.0 Å². The summed E-state index contributed by atoms with van der Waals surface area (Å²) in [7, 11) is 0. The van der Waals surface area contributed by atoms with Crippen molar-refractivity contribution in [2.75, 3.05) is 5.32 Å². The third kappa shape index (κ3) is 2.74. The highest BCUT2D eigenvalue weighted by Gasteiger charge is 2.13. The number of nitriles is 1. The average molecular weight is 288 g/mol. The van der Waals surface area contributed by atoms with Crippen LogP contribution in [0.2, 0.25) is 0 Å². The van der Waals surface area contributed by atoms with Gasteiger partial charge in [-0.3, -0.25) is 4.79 Å². The molecular weight excluding hydrogens is 276 g/mol. The van der Waals surface area contributed by atoms with Crippen LogP contribution in [0.25, 0.3) is 11.1 Å². The molecule has 106 valence electrons. The number of hydrogen-bond acceptors (Lipinski definition) is 3. The Morgan fingerprint density at radius 1 is 0.955 bits per heavy atom. The van der Waals surface area contributed by atoms with Crippen LogP contribution in [0.15, 0.2) is 71.1 Å². The maximum Gasteiger partial charge on any atom is 0.291 e. The highest BCUT2D eigenvalue weighted by Crippen LogP contribution is 2.28. The number of nitrogens with zero attached hydrogens (tertiary/aromatic N) is 1. The first-order chi connectivity index (χ1) is 10.8. The summed E-state index contributed by atoms with van der Waals surface area (Å²) in [5.41, 5.74) is 2.62. The lowest BCUT2D eigenvalue weighted by Crippen LogP contribution is -2.11.